The fraction of sp³-hybridized carbons (Fsp3) is 0.412. The van der Waals surface area contributed by atoms with Crippen LogP contribution in [0.2, 0.25) is 4.47 Å². The summed E-state index contributed by atoms with van der Waals surface area (Å²) in [5, 5.41) is 3.37. The van der Waals surface area contributed by atoms with Gasteiger partial charge >= 0.3 is 5.97 Å². The Hall–Kier alpha value is -1.79. The molecular formula is C17H20ClN3O2S. The highest BCUT2D eigenvalue weighted by Gasteiger charge is 2.25. The summed E-state index contributed by atoms with van der Waals surface area (Å²) < 4.78 is 5.40. The van der Waals surface area contributed by atoms with E-state index in [4.69, 9.17) is 16.3 Å². The van der Waals surface area contributed by atoms with Crippen molar-refractivity contribution in [3.8, 4) is 0 Å². The minimum atomic E-state index is -0.0858. The second-order valence-electron chi connectivity index (χ2n) is 5.76. The Kier molecular flexibility index (Phi) is 5.58. The second-order valence-corrected chi connectivity index (χ2v) is 7.46. The zero-order valence-electron chi connectivity index (χ0n) is 13.5. The summed E-state index contributed by atoms with van der Waals surface area (Å²) in [6, 6.07) is 8.37. The molecule has 1 aromatic heterocycles. The number of nitrogens with zero attached hydrogens (tertiary/aromatic N) is 2. The molecule has 24 heavy (non-hydrogen) atoms. The van der Waals surface area contributed by atoms with Crippen LogP contribution in [-0.4, -0.2) is 31.2 Å². The van der Waals surface area contributed by atoms with Gasteiger partial charge < -0.3 is 15.0 Å². The molecule has 1 saturated heterocycles. The number of ether oxygens (including phenoxy) is 1. The smallest absolute Gasteiger partial charge is 0.308 e. The fourth-order valence-electron chi connectivity index (χ4n) is 2.88. The summed E-state index contributed by atoms with van der Waals surface area (Å²) in [7, 11) is 1.46. The van der Waals surface area contributed by atoms with Gasteiger partial charge in [-0.2, -0.15) is 0 Å². The first kappa shape index (κ1) is 17.0. The van der Waals surface area contributed by atoms with Gasteiger partial charge in [0.05, 0.1) is 19.6 Å². The lowest BCUT2D eigenvalue weighted by molar-refractivity contribution is -0.146. The van der Waals surface area contributed by atoms with Crippen molar-refractivity contribution in [2.45, 2.75) is 19.4 Å². The van der Waals surface area contributed by atoms with E-state index < -0.39 is 0 Å². The fourth-order valence-corrected chi connectivity index (χ4v) is 3.80. The number of benzene rings is 1. The van der Waals surface area contributed by atoms with Crippen molar-refractivity contribution in [1.29, 1.82) is 0 Å². The van der Waals surface area contributed by atoms with Gasteiger partial charge in [0.25, 0.3) is 0 Å². The van der Waals surface area contributed by atoms with Crippen LogP contribution in [0, 0.1) is 5.92 Å². The number of rotatable bonds is 5. The van der Waals surface area contributed by atoms with E-state index in [9.17, 15) is 4.79 Å². The van der Waals surface area contributed by atoms with Crippen LogP contribution >= 0.6 is 22.9 Å². The molecule has 7 heteroatoms. The Bertz CT molecular complexity index is 681. The molecule has 0 radical (unpaired) electrons. The van der Waals surface area contributed by atoms with E-state index in [-0.39, 0.29) is 11.9 Å². The Morgan fingerprint density at radius 2 is 2.08 bits per heavy atom. The number of piperidine rings is 1. The predicted octanol–water partition coefficient (Wildman–Crippen LogP) is 3.80. The summed E-state index contributed by atoms with van der Waals surface area (Å²) in [5.74, 6) is -0.0456. The number of aromatic nitrogens is 1. The van der Waals surface area contributed by atoms with Gasteiger partial charge in [0.2, 0.25) is 0 Å². The van der Waals surface area contributed by atoms with Crippen molar-refractivity contribution >= 4 is 40.3 Å². The molecule has 2 heterocycles. The third-order valence-electron chi connectivity index (χ3n) is 4.25. The Labute approximate surface area is 150 Å². The average Bonchev–Trinajstić information content (AvgIpc) is 3.05. The molecule has 0 bridgehead atoms. The highest BCUT2D eigenvalue weighted by atomic mass is 35.5. The van der Waals surface area contributed by atoms with E-state index in [2.05, 4.69) is 39.5 Å². The molecule has 0 aliphatic carbocycles. The Morgan fingerprint density at radius 3 is 2.67 bits per heavy atom. The number of hydrogen-bond acceptors (Lipinski definition) is 6. The average molecular weight is 366 g/mol. The van der Waals surface area contributed by atoms with E-state index in [0.29, 0.717) is 11.0 Å². The maximum Gasteiger partial charge on any atom is 0.308 e. The molecular weight excluding hydrogens is 346 g/mol. The van der Waals surface area contributed by atoms with E-state index in [1.54, 1.807) is 6.20 Å². The van der Waals surface area contributed by atoms with Gasteiger partial charge in [-0.05, 0) is 37.1 Å². The van der Waals surface area contributed by atoms with Crippen LogP contribution in [0.4, 0.5) is 11.4 Å². The molecule has 1 fully saturated rings. The topological polar surface area (TPSA) is 54.5 Å². The van der Waals surface area contributed by atoms with Crippen molar-refractivity contribution in [1.82, 2.24) is 4.98 Å². The minimum Gasteiger partial charge on any atom is -0.469 e. The van der Waals surface area contributed by atoms with E-state index in [0.717, 1.165) is 36.5 Å². The number of anilines is 2. The standard InChI is InChI=1S/C17H20ClN3O2S/c1-23-16(22)12-6-8-21(9-7-12)14-4-2-13(3-5-14)19-10-15-11-20-17(18)24-15/h2-5,11-12,19H,6-10H2,1H3. The molecule has 1 aromatic carbocycles. The molecule has 128 valence electrons. The lowest BCUT2D eigenvalue weighted by Crippen LogP contribution is -2.36. The number of halogens is 1. The van der Waals surface area contributed by atoms with Gasteiger partial charge in [-0.1, -0.05) is 11.6 Å². The molecule has 0 atom stereocenters. The lowest BCUT2D eigenvalue weighted by atomic mass is 9.96. The van der Waals surface area contributed by atoms with Crippen LogP contribution in [-0.2, 0) is 16.1 Å². The van der Waals surface area contributed by atoms with E-state index in [1.165, 1.54) is 24.1 Å². The first-order chi connectivity index (χ1) is 11.7. The lowest BCUT2D eigenvalue weighted by Gasteiger charge is -2.32. The van der Waals surface area contributed by atoms with Gasteiger partial charge in [-0.25, -0.2) is 4.98 Å². The van der Waals surface area contributed by atoms with Crippen LogP contribution in [0.25, 0.3) is 0 Å². The molecule has 5 nitrogen and oxygen atoms in total. The third kappa shape index (κ3) is 4.19. The highest BCUT2D eigenvalue weighted by molar-refractivity contribution is 7.15. The first-order valence-corrected chi connectivity index (χ1v) is 9.12. The Morgan fingerprint density at radius 1 is 1.38 bits per heavy atom. The van der Waals surface area contributed by atoms with Gasteiger partial charge in [0.15, 0.2) is 4.47 Å². The van der Waals surface area contributed by atoms with Crippen molar-refractivity contribution in [2.75, 3.05) is 30.4 Å². The summed E-state index contributed by atoms with van der Waals surface area (Å²) >= 11 is 7.32. The molecule has 2 aromatic rings. The molecule has 3 rings (SSSR count). The maximum absolute atomic E-state index is 11.6. The monoisotopic (exact) mass is 365 g/mol. The molecule has 0 unspecified atom stereocenters. The van der Waals surface area contributed by atoms with Crippen LogP contribution in [0.5, 0.6) is 0 Å². The Balaban J connectivity index is 1.52. The highest BCUT2D eigenvalue weighted by Crippen LogP contribution is 2.26. The molecule has 1 N–H and O–H groups in total. The second kappa shape index (κ2) is 7.85. The molecule has 0 spiro atoms. The van der Waals surface area contributed by atoms with Crippen molar-refractivity contribution in [3.63, 3.8) is 0 Å². The summed E-state index contributed by atoms with van der Waals surface area (Å²) in [5.41, 5.74) is 2.25. The zero-order chi connectivity index (χ0) is 16.9. The van der Waals surface area contributed by atoms with Gasteiger partial charge in [0.1, 0.15) is 0 Å². The molecule has 0 amide bonds. The minimum absolute atomic E-state index is 0.0402. The predicted molar refractivity (Wildman–Crippen MR) is 97.8 cm³/mol. The number of carbonyl (C=O) groups is 1. The maximum atomic E-state index is 11.6. The number of methoxy groups -OCH3 is 1. The molecule has 0 saturated carbocycles. The number of hydrogen-bond donors (Lipinski definition) is 1. The SMILES string of the molecule is COC(=O)C1CCN(c2ccc(NCc3cnc(Cl)s3)cc2)CC1. The summed E-state index contributed by atoms with van der Waals surface area (Å²) in [6.07, 6.45) is 3.48. The normalized spacial score (nSPS) is 15.3. The van der Waals surface area contributed by atoms with Crippen LogP contribution in [0.15, 0.2) is 30.5 Å². The quantitative estimate of drug-likeness (QED) is 0.817. The van der Waals surface area contributed by atoms with Crippen LogP contribution < -0.4 is 10.2 Å². The van der Waals surface area contributed by atoms with Crippen molar-refractivity contribution in [3.05, 3.63) is 39.8 Å². The van der Waals surface area contributed by atoms with Crippen LogP contribution in [0.1, 0.15) is 17.7 Å². The number of thiazole rings is 1. The third-order valence-corrected chi connectivity index (χ3v) is 5.37. The number of esters is 1. The van der Waals surface area contributed by atoms with Gasteiger partial charge in [0, 0.05) is 35.5 Å². The largest absolute Gasteiger partial charge is 0.469 e. The van der Waals surface area contributed by atoms with Gasteiger partial charge in [-0.15, -0.1) is 11.3 Å². The van der Waals surface area contributed by atoms with Crippen molar-refractivity contribution < 1.29 is 9.53 Å². The van der Waals surface area contributed by atoms with Crippen LogP contribution in [0.3, 0.4) is 0 Å². The van der Waals surface area contributed by atoms with Crippen molar-refractivity contribution in [2.24, 2.45) is 5.92 Å². The zero-order valence-corrected chi connectivity index (χ0v) is 15.1. The number of carbonyl (C=O) groups excluding carboxylic acids is 1. The summed E-state index contributed by atoms with van der Waals surface area (Å²) in [6.45, 7) is 2.48. The summed E-state index contributed by atoms with van der Waals surface area (Å²) in [4.78, 5) is 19.0. The molecule has 1 aliphatic rings. The van der Waals surface area contributed by atoms with Gasteiger partial charge in [-0.3, -0.25) is 4.79 Å². The number of nitrogens with one attached hydrogen (secondary N) is 1. The van der Waals surface area contributed by atoms with E-state index in [1.807, 2.05) is 0 Å². The van der Waals surface area contributed by atoms with E-state index >= 15 is 0 Å². The molecule has 1 aliphatic heterocycles. The first-order valence-electron chi connectivity index (χ1n) is 7.92.